The minimum Gasteiger partial charge on any atom is -0.494 e. The lowest BCUT2D eigenvalue weighted by Crippen LogP contribution is -1.99. The molecule has 1 N–H and O–H groups in total. The molecule has 1 unspecified atom stereocenters. The SMILES string of the molecule is CCCCCCCCOc1ccc(C(C)OO)cc1. The van der Waals surface area contributed by atoms with Crippen LogP contribution in [-0.4, -0.2) is 11.9 Å². The Kier molecular flexibility index (Phi) is 8.26. The molecule has 0 radical (unpaired) electrons. The second-order valence-electron chi connectivity index (χ2n) is 4.93. The molecule has 0 fully saturated rings. The van der Waals surface area contributed by atoms with Crippen molar-refractivity contribution < 1.29 is 14.9 Å². The van der Waals surface area contributed by atoms with Crippen LogP contribution < -0.4 is 4.74 Å². The molecule has 0 spiro atoms. The number of rotatable bonds is 10. The van der Waals surface area contributed by atoms with Crippen LogP contribution >= 0.6 is 0 Å². The second-order valence-corrected chi connectivity index (χ2v) is 4.93. The van der Waals surface area contributed by atoms with Crippen LogP contribution in [0, 0.1) is 0 Å². The van der Waals surface area contributed by atoms with Gasteiger partial charge in [-0.25, -0.2) is 4.89 Å². The van der Waals surface area contributed by atoms with Crippen molar-refractivity contribution in [1.82, 2.24) is 0 Å². The molecule has 1 atom stereocenters. The summed E-state index contributed by atoms with van der Waals surface area (Å²) in [6.45, 7) is 4.80. The molecule has 0 bridgehead atoms. The van der Waals surface area contributed by atoms with E-state index in [2.05, 4.69) is 11.8 Å². The van der Waals surface area contributed by atoms with Crippen LogP contribution in [0.2, 0.25) is 0 Å². The summed E-state index contributed by atoms with van der Waals surface area (Å²) in [6.07, 6.45) is 7.33. The molecular weight excluding hydrogens is 240 g/mol. The maximum atomic E-state index is 8.59. The first-order valence-electron chi connectivity index (χ1n) is 7.31. The van der Waals surface area contributed by atoms with Gasteiger partial charge in [-0.1, -0.05) is 51.2 Å². The third-order valence-corrected chi connectivity index (χ3v) is 3.27. The van der Waals surface area contributed by atoms with Crippen molar-refractivity contribution in [1.29, 1.82) is 0 Å². The molecule has 0 aliphatic heterocycles. The van der Waals surface area contributed by atoms with Gasteiger partial charge in [-0.3, -0.25) is 5.26 Å². The van der Waals surface area contributed by atoms with Gasteiger partial charge in [0.05, 0.1) is 6.61 Å². The van der Waals surface area contributed by atoms with E-state index >= 15 is 0 Å². The van der Waals surface area contributed by atoms with Crippen LogP contribution in [0.4, 0.5) is 0 Å². The third kappa shape index (κ3) is 6.60. The van der Waals surface area contributed by atoms with Crippen LogP contribution in [0.1, 0.15) is 64.0 Å². The van der Waals surface area contributed by atoms with E-state index in [0.717, 1.165) is 24.3 Å². The van der Waals surface area contributed by atoms with Crippen molar-refractivity contribution in [2.45, 2.75) is 58.5 Å². The van der Waals surface area contributed by atoms with Gasteiger partial charge < -0.3 is 4.74 Å². The average molecular weight is 266 g/mol. The molecule has 0 heterocycles. The fourth-order valence-electron chi connectivity index (χ4n) is 1.97. The highest BCUT2D eigenvalue weighted by Gasteiger charge is 2.04. The molecule has 19 heavy (non-hydrogen) atoms. The zero-order valence-electron chi connectivity index (χ0n) is 12.1. The Balaban J connectivity index is 2.16. The predicted octanol–water partition coefficient (Wildman–Crippen LogP) is 4.98. The van der Waals surface area contributed by atoms with Gasteiger partial charge in [0.1, 0.15) is 11.9 Å². The molecule has 1 rings (SSSR count). The lowest BCUT2D eigenvalue weighted by Gasteiger charge is -2.10. The van der Waals surface area contributed by atoms with Gasteiger partial charge in [0.15, 0.2) is 0 Å². The normalized spacial score (nSPS) is 12.4. The lowest BCUT2D eigenvalue weighted by atomic mass is 10.1. The minimum absolute atomic E-state index is 0.299. The average Bonchev–Trinajstić information content (AvgIpc) is 2.46. The van der Waals surface area contributed by atoms with Gasteiger partial charge in [0.2, 0.25) is 0 Å². The van der Waals surface area contributed by atoms with E-state index in [1.165, 1.54) is 32.1 Å². The van der Waals surface area contributed by atoms with Crippen LogP contribution in [0.5, 0.6) is 5.75 Å². The van der Waals surface area contributed by atoms with Gasteiger partial charge in [-0.2, -0.15) is 0 Å². The van der Waals surface area contributed by atoms with Crippen molar-refractivity contribution in [3.8, 4) is 5.75 Å². The summed E-state index contributed by atoms with van der Waals surface area (Å²) in [5.41, 5.74) is 0.939. The van der Waals surface area contributed by atoms with Gasteiger partial charge in [-0.15, -0.1) is 0 Å². The summed E-state index contributed by atoms with van der Waals surface area (Å²) in [5.74, 6) is 0.877. The fourth-order valence-corrected chi connectivity index (χ4v) is 1.97. The first-order chi connectivity index (χ1) is 9.27. The van der Waals surface area contributed by atoms with Crippen LogP contribution in [-0.2, 0) is 4.89 Å². The molecule has 1 aromatic carbocycles. The summed E-state index contributed by atoms with van der Waals surface area (Å²) >= 11 is 0. The molecule has 1 aromatic rings. The highest BCUT2D eigenvalue weighted by molar-refractivity contribution is 5.28. The smallest absolute Gasteiger partial charge is 0.119 e. The van der Waals surface area contributed by atoms with Gasteiger partial charge in [0, 0.05) is 0 Å². The molecule has 0 aromatic heterocycles. The number of hydrogen-bond acceptors (Lipinski definition) is 3. The zero-order valence-corrected chi connectivity index (χ0v) is 12.1. The lowest BCUT2D eigenvalue weighted by molar-refractivity contribution is -0.277. The van der Waals surface area contributed by atoms with Crippen LogP contribution in [0.15, 0.2) is 24.3 Å². The first kappa shape index (κ1) is 16.0. The fraction of sp³-hybridized carbons (Fsp3) is 0.625. The van der Waals surface area contributed by atoms with E-state index in [9.17, 15) is 0 Å². The van der Waals surface area contributed by atoms with E-state index in [-0.39, 0.29) is 6.10 Å². The van der Waals surface area contributed by atoms with Crippen molar-refractivity contribution in [3.05, 3.63) is 29.8 Å². The standard InChI is InChI=1S/C16H26O3/c1-3-4-5-6-7-8-13-18-16-11-9-15(10-12-16)14(2)19-17/h9-12,14,17H,3-8,13H2,1-2H3. The van der Waals surface area contributed by atoms with Crippen molar-refractivity contribution in [3.63, 3.8) is 0 Å². The third-order valence-electron chi connectivity index (χ3n) is 3.27. The summed E-state index contributed by atoms with van der Waals surface area (Å²) in [5, 5.41) is 8.59. The predicted molar refractivity (Wildman–Crippen MR) is 77.4 cm³/mol. The van der Waals surface area contributed by atoms with E-state index in [4.69, 9.17) is 9.99 Å². The summed E-state index contributed by atoms with van der Waals surface area (Å²) in [7, 11) is 0. The highest BCUT2D eigenvalue weighted by Crippen LogP contribution is 2.19. The van der Waals surface area contributed by atoms with Gasteiger partial charge in [-0.05, 0) is 31.0 Å². The number of hydrogen-bond donors (Lipinski definition) is 1. The summed E-state index contributed by atoms with van der Waals surface area (Å²) in [4.78, 5) is 4.28. The largest absolute Gasteiger partial charge is 0.494 e. The topological polar surface area (TPSA) is 38.7 Å². The second kappa shape index (κ2) is 9.82. The Morgan fingerprint density at radius 3 is 2.26 bits per heavy atom. The van der Waals surface area contributed by atoms with Crippen molar-refractivity contribution in [2.24, 2.45) is 0 Å². The van der Waals surface area contributed by atoms with Crippen LogP contribution in [0.25, 0.3) is 0 Å². The first-order valence-corrected chi connectivity index (χ1v) is 7.31. The Hall–Kier alpha value is -1.06. The molecular formula is C16H26O3. The zero-order chi connectivity index (χ0) is 13.9. The van der Waals surface area contributed by atoms with Gasteiger partial charge in [0.25, 0.3) is 0 Å². The molecule has 3 nitrogen and oxygen atoms in total. The maximum Gasteiger partial charge on any atom is 0.119 e. The van der Waals surface area contributed by atoms with Crippen molar-refractivity contribution >= 4 is 0 Å². The maximum absolute atomic E-state index is 8.59. The number of unbranched alkanes of at least 4 members (excludes halogenated alkanes) is 5. The Labute approximate surface area is 116 Å². The minimum atomic E-state index is -0.299. The van der Waals surface area contributed by atoms with E-state index < -0.39 is 0 Å². The molecule has 0 aliphatic rings. The van der Waals surface area contributed by atoms with E-state index in [0.29, 0.717) is 0 Å². The van der Waals surface area contributed by atoms with E-state index in [1.54, 1.807) is 6.92 Å². The highest BCUT2D eigenvalue weighted by atomic mass is 17.1. The van der Waals surface area contributed by atoms with E-state index in [1.807, 2.05) is 24.3 Å². The number of benzene rings is 1. The quantitative estimate of drug-likeness (QED) is 0.369. The monoisotopic (exact) mass is 266 g/mol. The molecule has 0 amide bonds. The molecule has 0 saturated heterocycles. The molecule has 0 saturated carbocycles. The molecule has 0 aliphatic carbocycles. The number of ether oxygens (including phenoxy) is 1. The van der Waals surface area contributed by atoms with Crippen molar-refractivity contribution in [2.75, 3.05) is 6.61 Å². The Morgan fingerprint density at radius 1 is 1.00 bits per heavy atom. The van der Waals surface area contributed by atoms with Crippen LogP contribution in [0.3, 0.4) is 0 Å². The summed E-state index contributed by atoms with van der Waals surface area (Å²) < 4.78 is 5.68. The molecule has 108 valence electrons. The Bertz CT molecular complexity index is 321. The van der Waals surface area contributed by atoms with Gasteiger partial charge >= 0.3 is 0 Å². The molecule has 3 heteroatoms. The Morgan fingerprint density at radius 2 is 1.63 bits per heavy atom. The summed E-state index contributed by atoms with van der Waals surface area (Å²) in [6, 6.07) is 7.67.